The molecule has 0 bridgehead atoms. The molecule has 0 aromatic rings. The van der Waals surface area contributed by atoms with Gasteiger partial charge in [0.25, 0.3) is 0 Å². The number of hydrogen-bond donors (Lipinski definition) is 0. The second-order valence-electron chi connectivity index (χ2n) is 5.53. The van der Waals surface area contributed by atoms with Crippen molar-refractivity contribution in [2.75, 3.05) is 0 Å². The molecular formula is C12H21ClO2. The number of rotatable bonds is 1. The lowest BCUT2D eigenvalue weighted by Gasteiger charge is -2.32. The van der Waals surface area contributed by atoms with Crippen molar-refractivity contribution in [2.24, 2.45) is 11.8 Å². The topological polar surface area (TPSA) is 26.3 Å². The van der Waals surface area contributed by atoms with Crippen molar-refractivity contribution in [2.45, 2.75) is 57.9 Å². The number of alkyl halides is 1. The maximum atomic E-state index is 11.9. The summed E-state index contributed by atoms with van der Waals surface area (Å²) in [5.74, 6) is 0.328. The highest BCUT2D eigenvalue weighted by Gasteiger charge is 2.34. The van der Waals surface area contributed by atoms with Crippen molar-refractivity contribution in [1.82, 2.24) is 0 Å². The van der Waals surface area contributed by atoms with Crippen molar-refractivity contribution in [3.63, 3.8) is 0 Å². The van der Waals surface area contributed by atoms with Crippen molar-refractivity contribution in [3.8, 4) is 0 Å². The van der Waals surface area contributed by atoms with E-state index in [1.165, 1.54) is 0 Å². The van der Waals surface area contributed by atoms with Gasteiger partial charge in [-0.15, -0.1) is 11.6 Å². The van der Waals surface area contributed by atoms with E-state index in [1.54, 1.807) is 0 Å². The zero-order chi connectivity index (χ0) is 11.6. The number of esters is 1. The summed E-state index contributed by atoms with van der Waals surface area (Å²) in [6, 6.07) is 0. The van der Waals surface area contributed by atoms with Crippen molar-refractivity contribution in [1.29, 1.82) is 0 Å². The molecule has 15 heavy (non-hydrogen) atoms. The first kappa shape index (κ1) is 12.8. The van der Waals surface area contributed by atoms with E-state index in [2.05, 4.69) is 6.92 Å². The van der Waals surface area contributed by atoms with Crippen LogP contribution in [0.25, 0.3) is 0 Å². The Kier molecular flexibility index (Phi) is 4.05. The van der Waals surface area contributed by atoms with Gasteiger partial charge in [-0.05, 0) is 46.0 Å². The molecule has 2 nitrogen and oxygen atoms in total. The molecule has 0 amide bonds. The minimum Gasteiger partial charge on any atom is -0.460 e. The minimum atomic E-state index is -0.380. The van der Waals surface area contributed by atoms with E-state index in [-0.39, 0.29) is 22.9 Å². The lowest BCUT2D eigenvalue weighted by atomic mass is 9.80. The Morgan fingerprint density at radius 2 is 1.93 bits per heavy atom. The third-order valence-electron chi connectivity index (χ3n) is 2.81. The molecule has 0 spiro atoms. The molecule has 1 aliphatic carbocycles. The number of carbonyl (C=O) groups excluding carboxylic acids is 1. The van der Waals surface area contributed by atoms with Crippen LogP contribution in [-0.2, 0) is 9.53 Å². The first-order valence-corrected chi connectivity index (χ1v) is 6.10. The van der Waals surface area contributed by atoms with Gasteiger partial charge in [0.15, 0.2) is 0 Å². The van der Waals surface area contributed by atoms with Gasteiger partial charge in [-0.2, -0.15) is 0 Å². The average Bonchev–Trinajstić information content (AvgIpc) is 1.99. The summed E-state index contributed by atoms with van der Waals surface area (Å²) in [5.41, 5.74) is -0.380. The molecular weight excluding hydrogens is 212 g/mol. The molecule has 0 heterocycles. The predicted molar refractivity (Wildman–Crippen MR) is 62.0 cm³/mol. The van der Waals surface area contributed by atoms with Gasteiger partial charge in [-0.3, -0.25) is 4.79 Å². The van der Waals surface area contributed by atoms with Crippen LogP contribution in [0.5, 0.6) is 0 Å². The van der Waals surface area contributed by atoms with Crippen molar-refractivity contribution in [3.05, 3.63) is 0 Å². The minimum absolute atomic E-state index is 0.0409. The van der Waals surface area contributed by atoms with Crippen LogP contribution in [-0.4, -0.2) is 16.9 Å². The zero-order valence-corrected chi connectivity index (χ0v) is 10.8. The molecule has 3 atom stereocenters. The zero-order valence-electron chi connectivity index (χ0n) is 10.0. The van der Waals surface area contributed by atoms with Gasteiger partial charge < -0.3 is 4.74 Å². The number of hydrogen-bond acceptors (Lipinski definition) is 2. The SMILES string of the molecule is C[C@@H]1C[C@H](Cl)CC[C@@H]1C(=O)OC(C)(C)C. The van der Waals surface area contributed by atoms with Crippen molar-refractivity contribution < 1.29 is 9.53 Å². The van der Waals surface area contributed by atoms with E-state index in [9.17, 15) is 4.79 Å². The molecule has 0 aliphatic heterocycles. The molecule has 88 valence electrons. The maximum absolute atomic E-state index is 11.9. The molecule has 0 aromatic carbocycles. The molecule has 1 aliphatic rings. The molecule has 0 unspecified atom stereocenters. The van der Waals surface area contributed by atoms with Gasteiger partial charge in [0.2, 0.25) is 0 Å². The Hall–Kier alpha value is -0.240. The van der Waals surface area contributed by atoms with Crippen LogP contribution in [0, 0.1) is 11.8 Å². The summed E-state index contributed by atoms with van der Waals surface area (Å²) < 4.78 is 5.40. The van der Waals surface area contributed by atoms with Crippen LogP contribution in [0.15, 0.2) is 0 Å². The largest absolute Gasteiger partial charge is 0.460 e. The van der Waals surface area contributed by atoms with Gasteiger partial charge in [-0.1, -0.05) is 6.92 Å². The highest BCUT2D eigenvalue weighted by Crippen LogP contribution is 2.34. The van der Waals surface area contributed by atoms with Gasteiger partial charge in [-0.25, -0.2) is 0 Å². The molecule has 0 aromatic heterocycles. The van der Waals surface area contributed by atoms with Crippen LogP contribution in [0.1, 0.15) is 47.0 Å². The smallest absolute Gasteiger partial charge is 0.309 e. The van der Waals surface area contributed by atoms with Gasteiger partial charge in [0.05, 0.1) is 5.92 Å². The van der Waals surface area contributed by atoms with E-state index in [0.717, 1.165) is 19.3 Å². The van der Waals surface area contributed by atoms with Crippen LogP contribution in [0.3, 0.4) is 0 Å². The van der Waals surface area contributed by atoms with Crippen LogP contribution in [0.2, 0.25) is 0 Å². The summed E-state index contributed by atoms with van der Waals surface area (Å²) in [7, 11) is 0. The maximum Gasteiger partial charge on any atom is 0.309 e. The second kappa shape index (κ2) is 4.73. The fourth-order valence-electron chi connectivity index (χ4n) is 2.06. The third kappa shape index (κ3) is 4.02. The monoisotopic (exact) mass is 232 g/mol. The number of ether oxygens (including phenoxy) is 1. The summed E-state index contributed by atoms with van der Waals surface area (Å²) in [6.07, 6.45) is 2.71. The molecule has 0 radical (unpaired) electrons. The van der Waals surface area contributed by atoms with E-state index < -0.39 is 0 Å². The van der Waals surface area contributed by atoms with Crippen LogP contribution in [0.4, 0.5) is 0 Å². The van der Waals surface area contributed by atoms with Crippen LogP contribution < -0.4 is 0 Å². The summed E-state index contributed by atoms with van der Waals surface area (Å²) >= 11 is 6.06. The summed E-state index contributed by atoms with van der Waals surface area (Å²) in [4.78, 5) is 11.9. The summed E-state index contributed by atoms with van der Waals surface area (Å²) in [5, 5.41) is 0.235. The van der Waals surface area contributed by atoms with E-state index in [0.29, 0.717) is 5.92 Å². The quantitative estimate of drug-likeness (QED) is 0.512. The average molecular weight is 233 g/mol. The van der Waals surface area contributed by atoms with Crippen molar-refractivity contribution >= 4 is 17.6 Å². The lowest BCUT2D eigenvalue weighted by molar-refractivity contribution is -0.162. The van der Waals surface area contributed by atoms with E-state index in [4.69, 9.17) is 16.3 Å². The van der Waals surface area contributed by atoms with Gasteiger partial charge in [0, 0.05) is 5.38 Å². The highest BCUT2D eigenvalue weighted by molar-refractivity contribution is 6.20. The Labute approximate surface area is 97.3 Å². The Bertz CT molecular complexity index is 232. The normalized spacial score (nSPS) is 32.5. The molecule has 1 rings (SSSR count). The summed E-state index contributed by atoms with van der Waals surface area (Å²) in [6.45, 7) is 7.80. The van der Waals surface area contributed by atoms with E-state index in [1.807, 2.05) is 20.8 Å². The first-order chi connectivity index (χ1) is 6.79. The lowest BCUT2D eigenvalue weighted by Crippen LogP contribution is -2.35. The first-order valence-electron chi connectivity index (χ1n) is 5.66. The number of carbonyl (C=O) groups is 1. The molecule has 0 N–H and O–H groups in total. The fourth-order valence-corrected chi connectivity index (χ4v) is 2.47. The molecule has 0 saturated heterocycles. The third-order valence-corrected chi connectivity index (χ3v) is 3.21. The van der Waals surface area contributed by atoms with Gasteiger partial charge >= 0.3 is 5.97 Å². The van der Waals surface area contributed by atoms with E-state index >= 15 is 0 Å². The Morgan fingerprint density at radius 1 is 1.33 bits per heavy atom. The predicted octanol–water partition coefficient (Wildman–Crippen LogP) is 3.37. The Morgan fingerprint density at radius 3 is 2.40 bits per heavy atom. The number of halogens is 1. The standard InChI is InChI=1S/C12H21ClO2/c1-8-7-9(13)5-6-10(8)11(14)15-12(2,3)4/h8-10H,5-7H2,1-4H3/t8-,9-,10+/m1/s1. The highest BCUT2D eigenvalue weighted by atomic mass is 35.5. The molecule has 3 heteroatoms. The molecule has 1 saturated carbocycles. The second-order valence-corrected chi connectivity index (χ2v) is 6.14. The van der Waals surface area contributed by atoms with Gasteiger partial charge in [0.1, 0.15) is 5.60 Å². The van der Waals surface area contributed by atoms with Crippen LogP contribution >= 0.6 is 11.6 Å². The Balaban J connectivity index is 2.53. The molecule has 1 fully saturated rings. The fraction of sp³-hybridized carbons (Fsp3) is 0.917.